The quantitative estimate of drug-likeness (QED) is 0.576. The molecule has 4 N–H and O–H groups in total. The maximum absolute atomic E-state index is 9.83. The highest BCUT2D eigenvalue weighted by Gasteiger charge is 2.26. The van der Waals surface area contributed by atoms with Crippen LogP contribution >= 0.6 is 0 Å². The van der Waals surface area contributed by atoms with Crippen molar-refractivity contribution in [2.45, 2.75) is 18.3 Å². The molecule has 2 rings (SSSR count). The number of aliphatic hydroxyl groups excluding tert-OH is 4. The van der Waals surface area contributed by atoms with Gasteiger partial charge in [-0.2, -0.15) is 0 Å². The van der Waals surface area contributed by atoms with Crippen molar-refractivity contribution < 1.29 is 20.4 Å². The molecule has 1 aromatic carbocycles. The van der Waals surface area contributed by atoms with E-state index in [2.05, 4.69) is 9.97 Å². The highest BCUT2D eigenvalue weighted by Crippen LogP contribution is 2.18. The van der Waals surface area contributed by atoms with E-state index in [1.807, 2.05) is 6.07 Å². The predicted molar refractivity (Wildman–Crippen MR) is 63.6 cm³/mol. The van der Waals surface area contributed by atoms with E-state index in [-0.39, 0.29) is 5.69 Å². The van der Waals surface area contributed by atoms with Crippen molar-refractivity contribution in [3.05, 3.63) is 36.2 Å². The van der Waals surface area contributed by atoms with Crippen LogP contribution in [-0.2, 0) is 0 Å². The molecule has 96 valence electrons. The smallest absolute Gasteiger partial charge is 0.126 e. The molecule has 0 unspecified atom stereocenters. The zero-order valence-electron chi connectivity index (χ0n) is 9.51. The summed E-state index contributed by atoms with van der Waals surface area (Å²) in [6.45, 7) is -0.640. The third-order valence-corrected chi connectivity index (χ3v) is 2.67. The summed E-state index contributed by atoms with van der Waals surface area (Å²) in [5, 5.41) is 37.4. The number of hydrogen-bond acceptors (Lipinski definition) is 6. The largest absolute Gasteiger partial charge is 0.394 e. The Labute approximate surface area is 103 Å². The Morgan fingerprint density at radius 3 is 2.39 bits per heavy atom. The summed E-state index contributed by atoms with van der Waals surface area (Å²) in [6.07, 6.45) is -3.00. The van der Waals surface area contributed by atoms with Crippen molar-refractivity contribution in [3.8, 4) is 0 Å². The molecule has 0 fully saturated rings. The second-order valence-electron chi connectivity index (χ2n) is 3.97. The molecule has 0 saturated heterocycles. The van der Waals surface area contributed by atoms with Crippen LogP contribution in [0.15, 0.2) is 30.5 Å². The molecule has 3 atom stereocenters. The lowest BCUT2D eigenvalue weighted by Crippen LogP contribution is -2.35. The van der Waals surface area contributed by atoms with E-state index in [0.29, 0.717) is 11.0 Å². The number of aromatic nitrogens is 2. The minimum absolute atomic E-state index is 0.147. The summed E-state index contributed by atoms with van der Waals surface area (Å²) < 4.78 is 0. The molecule has 0 amide bonds. The standard InChI is InChI=1S/C12H14N2O4/c15-6-10(16)12(18)11(17)9-5-13-7-3-1-2-4-8(7)14-9/h1-5,10-12,15-18H,6H2/t10-,11-,12+/m1/s1. The summed E-state index contributed by atoms with van der Waals surface area (Å²) in [7, 11) is 0. The van der Waals surface area contributed by atoms with Crippen LogP contribution < -0.4 is 0 Å². The molecule has 18 heavy (non-hydrogen) atoms. The van der Waals surface area contributed by atoms with Crippen LogP contribution in [0.1, 0.15) is 11.8 Å². The number of rotatable bonds is 4. The van der Waals surface area contributed by atoms with Crippen LogP contribution in [0, 0.1) is 0 Å². The molecule has 1 aromatic heterocycles. The summed E-state index contributed by atoms with van der Waals surface area (Å²) in [6, 6.07) is 7.11. The Morgan fingerprint density at radius 1 is 1.06 bits per heavy atom. The van der Waals surface area contributed by atoms with Crippen LogP contribution in [0.2, 0.25) is 0 Å². The Balaban J connectivity index is 2.30. The SMILES string of the molecule is OC[C@@H](O)[C@H](O)[C@H](O)c1cnc2ccccc2n1. The van der Waals surface area contributed by atoms with Crippen molar-refractivity contribution in [2.24, 2.45) is 0 Å². The molecule has 0 radical (unpaired) electrons. The molecular formula is C12H14N2O4. The first kappa shape index (κ1) is 12.8. The maximum Gasteiger partial charge on any atom is 0.126 e. The summed E-state index contributed by atoms with van der Waals surface area (Å²) in [5.74, 6) is 0. The van der Waals surface area contributed by atoms with Gasteiger partial charge in [-0.25, -0.2) is 4.98 Å². The summed E-state index contributed by atoms with van der Waals surface area (Å²) in [5.41, 5.74) is 1.40. The van der Waals surface area contributed by atoms with E-state index in [9.17, 15) is 15.3 Å². The van der Waals surface area contributed by atoms with Gasteiger partial charge in [-0.1, -0.05) is 12.1 Å². The van der Waals surface area contributed by atoms with E-state index in [1.54, 1.807) is 18.2 Å². The highest BCUT2D eigenvalue weighted by atomic mass is 16.4. The number of aliphatic hydroxyl groups is 4. The average Bonchev–Trinajstić information content (AvgIpc) is 2.44. The molecule has 0 bridgehead atoms. The first-order valence-corrected chi connectivity index (χ1v) is 5.50. The summed E-state index contributed by atoms with van der Waals surface area (Å²) >= 11 is 0. The predicted octanol–water partition coefficient (Wildman–Crippen LogP) is -0.623. The van der Waals surface area contributed by atoms with Crippen molar-refractivity contribution in [3.63, 3.8) is 0 Å². The zero-order chi connectivity index (χ0) is 13.1. The molecule has 6 nitrogen and oxygen atoms in total. The minimum Gasteiger partial charge on any atom is -0.394 e. The molecule has 2 aromatic rings. The second-order valence-corrected chi connectivity index (χ2v) is 3.97. The molecule has 0 aliphatic rings. The molecule has 6 heteroatoms. The molecule has 1 heterocycles. The topological polar surface area (TPSA) is 107 Å². The lowest BCUT2D eigenvalue weighted by Gasteiger charge is -2.20. The van der Waals surface area contributed by atoms with Crippen molar-refractivity contribution in [2.75, 3.05) is 6.61 Å². The molecule has 0 aliphatic carbocycles. The normalized spacial score (nSPS) is 16.4. The Kier molecular flexibility index (Phi) is 3.83. The van der Waals surface area contributed by atoms with Gasteiger partial charge in [0.05, 0.1) is 29.5 Å². The monoisotopic (exact) mass is 250 g/mol. The van der Waals surface area contributed by atoms with Gasteiger partial charge in [0.15, 0.2) is 0 Å². The van der Waals surface area contributed by atoms with Crippen LogP contribution in [0.5, 0.6) is 0 Å². The van der Waals surface area contributed by atoms with E-state index >= 15 is 0 Å². The molecule has 0 aliphatic heterocycles. The van der Waals surface area contributed by atoms with Gasteiger partial charge < -0.3 is 20.4 Å². The third-order valence-electron chi connectivity index (χ3n) is 2.67. The molecule has 0 saturated carbocycles. The number of para-hydroxylation sites is 2. The molecule has 0 spiro atoms. The Morgan fingerprint density at radius 2 is 1.72 bits per heavy atom. The lowest BCUT2D eigenvalue weighted by atomic mass is 10.1. The van der Waals surface area contributed by atoms with Gasteiger partial charge in [-0.05, 0) is 12.1 Å². The van der Waals surface area contributed by atoms with Gasteiger partial charge in [0.2, 0.25) is 0 Å². The maximum atomic E-state index is 9.83. The fourth-order valence-corrected chi connectivity index (χ4v) is 1.61. The highest BCUT2D eigenvalue weighted by molar-refractivity contribution is 5.73. The average molecular weight is 250 g/mol. The number of benzene rings is 1. The van der Waals surface area contributed by atoms with E-state index < -0.39 is 24.9 Å². The number of nitrogens with zero attached hydrogens (tertiary/aromatic N) is 2. The van der Waals surface area contributed by atoms with Gasteiger partial charge in [-0.15, -0.1) is 0 Å². The van der Waals surface area contributed by atoms with Gasteiger partial charge >= 0.3 is 0 Å². The van der Waals surface area contributed by atoms with Crippen LogP contribution in [0.4, 0.5) is 0 Å². The Bertz CT molecular complexity index is 534. The zero-order valence-corrected chi connectivity index (χ0v) is 9.51. The fraction of sp³-hybridized carbons (Fsp3) is 0.333. The van der Waals surface area contributed by atoms with Crippen molar-refractivity contribution >= 4 is 11.0 Å². The van der Waals surface area contributed by atoms with Crippen molar-refractivity contribution in [1.29, 1.82) is 0 Å². The van der Waals surface area contributed by atoms with Crippen LogP contribution in [0.25, 0.3) is 11.0 Å². The second kappa shape index (κ2) is 5.36. The first-order chi connectivity index (χ1) is 8.63. The van der Waals surface area contributed by atoms with Crippen LogP contribution in [-0.4, -0.2) is 49.2 Å². The molecular weight excluding hydrogens is 236 g/mol. The fourth-order valence-electron chi connectivity index (χ4n) is 1.61. The van der Waals surface area contributed by atoms with Gasteiger partial charge in [0, 0.05) is 0 Å². The lowest BCUT2D eigenvalue weighted by molar-refractivity contribution is -0.0789. The minimum atomic E-state index is -1.51. The van der Waals surface area contributed by atoms with Crippen molar-refractivity contribution in [1.82, 2.24) is 9.97 Å². The Hall–Kier alpha value is -1.60. The summed E-state index contributed by atoms with van der Waals surface area (Å²) in [4.78, 5) is 8.24. The van der Waals surface area contributed by atoms with E-state index in [4.69, 9.17) is 5.11 Å². The first-order valence-electron chi connectivity index (χ1n) is 5.50. The van der Waals surface area contributed by atoms with E-state index in [0.717, 1.165) is 0 Å². The van der Waals surface area contributed by atoms with Gasteiger partial charge in [0.25, 0.3) is 0 Å². The number of fused-ring (bicyclic) bond motifs is 1. The number of hydrogen-bond donors (Lipinski definition) is 4. The third kappa shape index (κ3) is 2.46. The van der Waals surface area contributed by atoms with Gasteiger partial charge in [0.1, 0.15) is 18.3 Å². The van der Waals surface area contributed by atoms with Crippen LogP contribution in [0.3, 0.4) is 0 Å². The van der Waals surface area contributed by atoms with Gasteiger partial charge in [-0.3, -0.25) is 4.98 Å². The van der Waals surface area contributed by atoms with E-state index in [1.165, 1.54) is 6.20 Å².